The summed E-state index contributed by atoms with van der Waals surface area (Å²) in [6, 6.07) is 23.7. The van der Waals surface area contributed by atoms with Gasteiger partial charge in [-0.1, -0.05) is 36.4 Å². The summed E-state index contributed by atoms with van der Waals surface area (Å²) >= 11 is 0. The van der Waals surface area contributed by atoms with Gasteiger partial charge < -0.3 is 20.1 Å². The minimum atomic E-state index is 0.461. The lowest BCUT2D eigenvalue weighted by Gasteiger charge is -2.13. The number of ether oxygens (including phenoxy) is 2. The number of nitrogens with one attached hydrogen (secondary N) is 2. The van der Waals surface area contributed by atoms with Crippen molar-refractivity contribution in [2.24, 2.45) is 4.99 Å². The normalized spacial score (nSPS) is 11.0. The van der Waals surface area contributed by atoms with Crippen LogP contribution in [-0.4, -0.2) is 31.1 Å². The lowest BCUT2D eigenvalue weighted by molar-refractivity contribution is 0.301. The number of benzene rings is 2. The van der Waals surface area contributed by atoms with Crippen molar-refractivity contribution in [3.05, 3.63) is 90.3 Å². The molecule has 0 amide bonds. The Morgan fingerprint density at radius 2 is 1.63 bits per heavy atom. The van der Waals surface area contributed by atoms with Crippen LogP contribution in [0.1, 0.15) is 17.7 Å². The maximum absolute atomic E-state index is 5.77. The van der Waals surface area contributed by atoms with Crippen LogP contribution < -0.4 is 20.1 Å². The first-order chi connectivity index (χ1) is 14.8. The third-order valence-electron chi connectivity index (χ3n) is 4.35. The number of aliphatic imine (C=N–C) groups is 1. The Hall–Kier alpha value is -3.54. The van der Waals surface area contributed by atoms with Crippen LogP contribution in [0, 0.1) is 0 Å². The van der Waals surface area contributed by atoms with Gasteiger partial charge in [0.2, 0.25) is 0 Å². The highest BCUT2D eigenvalue weighted by atomic mass is 16.5. The topological polar surface area (TPSA) is 67.8 Å². The molecule has 0 aliphatic heterocycles. The SMILES string of the molecule is CN=C(NCCCOc1ccccc1)NCc1ccc(OCc2ccccn2)cc1. The Bertz CT molecular complexity index is 884. The van der Waals surface area contributed by atoms with E-state index in [0.29, 0.717) is 19.8 Å². The molecule has 6 nitrogen and oxygen atoms in total. The second kappa shape index (κ2) is 12.1. The maximum Gasteiger partial charge on any atom is 0.191 e. The third-order valence-corrected chi connectivity index (χ3v) is 4.35. The van der Waals surface area contributed by atoms with Gasteiger partial charge in [0.15, 0.2) is 5.96 Å². The van der Waals surface area contributed by atoms with E-state index in [0.717, 1.165) is 41.7 Å². The predicted octanol–water partition coefficient (Wildman–Crippen LogP) is 3.79. The number of aromatic nitrogens is 1. The fraction of sp³-hybridized carbons (Fsp3) is 0.250. The molecule has 156 valence electrons. The van der Waals surface area contributed by atoms with Crippen LogP contribution in [0.15, 0.2) is 84.0 Å². The highest BCUT2D eigenvalue weighted by Gasteiger charge is 2.01. The Kier molecular flexibility index (Phi) is 8.55. The van der Waals surface area contributed by atoms with Gasteiger partial charge >= 0.3 is 0 Å². The molecule has 6 heteroatoms. The quantitative estimate of drug-likeness (QED) is 0.306. The number of nitrogens with zero attached hydrogens (tertiary/aromatic N) is 2. The first kappa shape index (κ1) is 21.2. The summed E-state index contributed by atoms with van der Waals surface area (Å²) in [6.45, 7) is 2.59. The van der Waals surface area contributed by atoms with Gasteiger partial charge in [-0.3, -0.25) is 9.98 Å². The molecule has 0 unspecified atom stereocenters. The second-order valence-corrected chi connectivity index (χ2v) is 6.62. The van der Waals surface area contributed by atoms with Crippen LogP contribution in [0.3, 0.4) is 0 Å². The van der Waals surface area contributed by atoms with E-state index < -0.39 is 0 Å². The summed E-state index contributed by atoms with van der Waals surface area (Å²) in [5.41, 5.74) is 2.06. The fourth-order valence-electron chi connectivity index (χ4n) is 2.74. The van der Waals surface area contributed by atoms with Crippen LogP contribution in [0.2, 0.25) is 0 Å². The van der Waals surface area contributed by atoms with E-state index in [4.69, 9.17) is 9.47 Å². The van der Waals surface area contributed by atoms with E-state index >= 15 is 0 Å². The first-order valence-electron chi connectivity index (χ1n) is 10.1. The molecule has 2 N–H and O–H groups in total. The fourth-order valence-corrected chi connectivity index (χ4v) is 2.74. The monoisotopic (exact) mass is 404 g/mol. The summed E-state index contributed by atoms with van der Waals surface area (Å²) < 4.78 is 11.5. The van der Waals surface area contributed by atoms with Gasteiger partial charge in [-0.05, 0) is 48.4 Å². The summed E-state index contributed by atoms with van der Waals surface area (Å²) in [6.07, 6.45) is 2.66. The van der Waals surface area contributed by atoms with Crippen molar-refractivity contribution in [3.63, 3.8) is 0 Å². The van der Waals surface area contributed by atoms with E-state index in [-0.39, 0.29) is 0 Å². The molecule has 0 saturated heterocycles. The van der Waals surface area contributed by atoms with Crippen LogP contribution in [0.5, 0.6) is 11.5 Å². The Morgan fingerprint density at radius 1 is 0.867 bits per heavy atom. The van der Waals surface area contributed by atoms with Crippen molar-refractivity contribution < 1.29 is 9.47 Å². The highest BCUT2D eigenvalue weighted by molar-refractivity contribution is 5.79. The molecule has 30 heavy (non-hydrogen) atoms. The van der Waals surface area contributed by atoms with Gasteiger partial charge in [-0.25, -0.2) is 0 Å². The van der Waals surface area contributed by atoms with Crippen molar-refractivity contribution in [2.75, 3.05) is 20.2 Å². The van der Waals surface area contributed by atoms with Gasteiger partial charge in [0, 0.05) is 26.3 Å². The lowest BCUT2D eigenvalue weighted by Crippen LogP contribution is -2.37. The van der Waals surface area contributed by atoms with Gasteiger partial charge in [-0.15, -0.1) is 0 Å². The van der Waals surface area contributed by atoms with Crippen LogP contribution in [0.25, 0.3) is 0 Å². The molecule has 0 aliphatic carbocycles. The molecule has 1 heterocycles. The number of pyridine rings is 1. The molecule has 3 aromatic rings. The van der Waals surface area contributed by atoms with E-state index in [9.17, 15) is 0 Å². The molecule has 0 saturated carbocycles. The third kappa shape index (κ3) is 7.47. The first-order valence-corrected chi connectivity index (χ1v) is 10.1. The summed E-state index contributed by atoms with van der Waals surface area (Å²) in [7, 11) is 1.77. The molecular weight excluding hydrogens is 376 g/mol. The largest absolute Gasteiger partial charge is 0.494 e. The zero-order valence-electron chi connectivity index (χ0n) is 17.3. The lowest BCUT2D eigenvalue weighted by atomic mass is 10.2. The number of hydrogen-bond donors (Lipinski definition) is 2. The highest BCUT2D eigenvalue weighted by Crippen LogP contribution is 2.13. The van der Waals surface area contributed by atoms with E-state index in [2.05, 4.69) is 20.6 Å². The Balaban J connectivity index is 1.33. The van der Waals surface area contributed by atoms with Gasteiger partial charge in [0.1, 0.15) is 18.1 Å². The summed E-state index contributed by atoms with van der Waals surface area (Å²) in [4.78, 5) is 8.52. The standard InChI is InChI=1S/C24H28N4O2/c1-25-24(27-16-7-17-29-22-9-3-2-4-10-22)28-18-20-11-13-23(14-12-20)30-19-21-8-5-6-15-26-21/h2-6,8-15H,7,16-19H2,1H3,(H2,25,27,28). The Morgan fingerprint density at radius 3 is 2.37 bits per heavy atom. The van der Waals surface area contributed by atoms with Crippen molar-refractivity contribution in [1.82, 2.24) is 15.6 Å². The molecule has 0 radical (unpaired) electrons. The average Bonchev–Trinajstić information content (AvgIpc) is 2.81. The molecule has 0 spiro atoms. The minimum Gasteiger partial charge on any atom is -0.494 e. The number of rotatable bonds is 10. The molecule has 0 atom stereocenters. The second-order valence-electron chi connectivity index (χ2n) is 6.62. The molecule has 0 fully saturated rings. The number of guanidine groups is 1. The molecular formula is C24H28N4O2. The number of hydrogen-bond acceptors (Lipinski definition) is 4. The smallest absolute Gasteiger partial charge is 0.191 e. The Labute approximate surface area is 178 Å². The van der Waals surface area contributed by atoms with E-state index in [1.165, 1.54) is 0 Å². The average molecular weight is 405 g/mol. The molecule has 1 aromatic heterocycles. The molecule has 0 bridgehead atoms. The zero-order chi connectivity index (χ0) is 20.9. The van der Waals surface area contributed by atoms with Crippen LogP contribution in [-0.2, 0) is 13.2 Å². The van der Waals surface area contributed by atoms with Gasteiger partial charge in [0.25, 0.3) is 0 Å². The minimum absolute atomic E-state index is 0.461. The summed E-state index contributed by atoms with van der Waals surface area (Å²) in [5, 5.41) is 6.62. The van der Waals surface area contributed by atoms with Crippen molar-refractivity contribution >= 4 is 5.96 Å². The maximum atomic E-state index is 5.77. The van der Waals surface area contributed by atoms with E-state index in [1.807, 2.05) is 72.8 Å². The van der Waals surface area contributed by atoms with Crippen molar-refractivity contribution in [3.8, 4) is 11.5 Å². The van der Waals surface area contributed by atoms with Crippen molar-refractivity contribution in [2.45, 2.75) is 19.6 Å². The zero-order valence-corrected chi connectivity index (χ0v) is 17.3. The van der Waals surface area contributed by atoms with Gasteiger partial charge in [-0.2, -0.15) is 0 Å². The molecule has 3 rings (SSSR count). The summed E-state index contributed by atoms with van der Waals surface area (Å²) in [5.74, 6) is 2.49. The van der Waals surface area contributed by atoms with Crippen molar-refractivity contribution in [1.29, 1.82) is 0 Å². The molecule has 2 aromatic carbocycles. The number of para-hydroxylation sites is 1. The van der Waals surface area contributed by atoms with E-state index in [1.54, 1.807) is 13.2 Å². The van der Waals surface area contributed by atoms with Crippen LogP contribution >= 0.6 is 0 Å². The van der Waals surface area contributed by atoms with Crippen LogP contribution in [0.4, 0.5) is 0 Å². The molecule has 0 aliphatic rings. The van der Waals surface area contributed by atoms with Gasteiger partial charge in [0.05, 0.1) is 12.3 Å². The predicted molar refractivity (Wildman–Crippen MR) is 120 cm³/mol.